The fraction of sp³-hybridized carbons (Fsp3) is 0.500. The molecule has 6 nitrogen and oxygen atoms in total. The molecule has 2 rings (SSSR count). The first-order valence-electron chi connectivity index (χ1n) is 6.73. The van der Waals surface area contributed by atoms with Crippen molar-refractivity contribution in [2.24, 2.45) is 0 Å². The third-order valence-electron chi connectivity index (χ3n) is 3.65. The van der Waals surface area contributed by atoms with E-state index in [9.17, 15) is 13.2 Å². The van der Waals surface area contributed by atoms with E-state index in [-0.39, 0.29) is 12.0 Å². The molecule has 1 aliphatic heterocycles. The minimum absolute atomic E-state index is 0.0750. The number of carbonyl (C=O) groups excluding carboxylic acids is 1. The molecule has 0 N–H and O–H groups in total. The average molecular weight is 312 g/mol. The van der Waals surface area contributed by atoms with E-state index in [1.54, 1.807) is 12.1 Å². The molecule has 1 aliphatic rings. The van der Waals surface area contributed by atoms with Crippen molar-refractivity contribution in [2.45, 2.75) is 13.0 Å². The molecule has 0 unspecified atom stereocenters. The number of hydrogen-bond donors (Lipinski definition) is 0. The smallest absolute Gasteiger partial charge is 0.337 e. The molecule has 1 heterocycles. The molecule has 0 bridgehead atoms. The molecule has 1 fully saturated rings. The van der Waals surface area contributed by atoms with Gasteiger partial charge in [0.05, 0.1) is 18.9 Å². The van der Waals surface area contributed by atoms with Gasteiger partial charge in [-0.3, -0.25) is 0 Å². The van der Waals surface area contributed by atoms with E-state index in [0.717, 1.165) is 5.69 Å². The van der Waals surface area contributed by atoms with Crippen LogP contribution in [0.1, 0.15) is 17.3 Å². The Balaban J connectivity index is 2.09. The summed E-state index contributed by atoms with van der Waals surface area (Å²) in [6.45, 7) is 3.63. The predicted octanol–water partition coefficient (Wildman–Crippen LogP) is 0.943. The first kappa shape index (κ1) is 15.8. The first-order chi connectivity index (χ1) is 9.82. The number of piperazine rings is 1. The maximum absolute atomic E-state index is 11.6. The molecule has 1 aromatic rings. The van der Waals surface area contributed by atoms with Gasteiger partial charge in [0.25, 0.3) is 0 Å². The number of carbonyl (C=O) groups is 1. The quantitative estimate of drug-likeness (QED) is 0.777. The molecule has 116 valence electrons. The molecule has 1 atom stereocenters. The normalized spacial score (nSPS) is 20.3. The number of rotatable bonds is 3. The van der Waals surface area contributed by atoms with E-state index in [4.69, 9.17) is 0 Å². The van der Waals surface area contributed by atoms with Crippen molar-refractivity contribution in [3.63, 3.8) is 0 Å². The Morgan fingerprint density at radius 3 is 2.33 bits per heavy atom. The van der Waals surface area contributed by atoms with Gasteiger partial charge in [0, 0.05) is 31.4 Å². The second kappa shape index (κ2) is 6.03. The Hall–Kier alpha value is -1.60. The fourth-order valence-electron chi connectivity index (χ4n) is 2.59. The van der Waals surface area contributed by atoms with Crippen molar-refractivity contribution < 1.29 is 17.9 Å². The van der Waals surface area contributed by atoms with Gasteiger partial charge >= 0.3 is 5.97 Å². The van der Waals surface area contributed by atoms with E-state index in [1.165, 1.54) is 17.7 Å². The zero-order chi connectivity index (χ0) is 15.6. The van der Waals surface area contributed by atoms with Crippen molar-refractivity contribution in [1.29, 1.82) is 0 Å². The Labute approximate surface area is 125 Å². The zero-order valence-corrected chi connectivity index (χ0v) is 13.3. The van der Waals surface area contributed by atoms with E-state index in [0.29, 0.717) is 25.2 Å². The lowest BCUT2D eigenvalue weighted by Gasteiger charge is -2.39. The summed E-state index contributed by atoms with van der Waals surface area (Å²) in [7, 11) is -1.81. The minimum Gasteiger partial charge on any atom is -0.465 e. The largest absolute Gasteiger partial charge is 0.465 e. The van der Waals surface area contributed by atoms with Crippen LogP contribution in [-0.4, -0.2) is 57.7 Å². The molecule has 0 aliphatic carbocycles. The van der Waals surface area contributed by atoms with Crippen LogP contribution >= 0.6 is 0 Å². The molecule has 1 saturated heterocycles. The van der Waals surface area contributed by atoms with E-state index in [1.807, 2.05) is 19.1 Å². The van der Waals surface area contributed by atoms with Crippen LogP contribution in [0.2, 0.25) is 0 Å². The number of benzene rings is 1. The first-order valence-corrected chi connectivity index (χ1v) is 8.58. The summed E-state index contributed by atoms with van der Waals surface area (Å²) in [4.78, 5) is 13.5. The lowest BCUT2D eigenvalue weighted by molar-refractivity contribution is 0.0600. The summed E-state index contributed by atoms with van der Waals surface area (Å²) in [5, 5.41) is 0. The third-order valence-corrected chi connectivity index (χ3v) is 5.04. The summed E-state index contributed by atoms with van der Waals surface area (Å²) < 4.78 is 29.5. The molecule has 0 radical (unpaired) electrons. The van der Waals surface area contributed by atoms with Gasteiger partial charge in [-0.15, -0.1) is 0 Å². The van der Waals surface area contributed by atoms with Crippen LogP contribution < -0.4 is 4.90 Å². The van der Waals surface area contributed by atoms with Gasteiger partial charge in [-0.25, -0.2) is 13.2 Å². The second-order valence-corrected chi connectivity index (χ2v) is 7.14. The summed E-state index contributed by atoms with van der Waals surface area (Å²) >= 11 is 0. The summed E-state index contributed by atoms with van der Waals surface area (Å²) in [6.07, 6.45) is 1.24. The summed E-state index contributed by atoms with van der Waals surface area (Å²) in [5.74, 6) is -0.364. The average Bonchev–Trinajstić information content (AvgIpc) is 2.45. The van der Waals surface area contributed by atoms with Crippen LogP contribution in [-0.2, 0) is 14.8 Å². The Bertz CT molecular complexity index is 612. The Morgan fingerprint density at radius 1 is 1.24 bits per heavy atom. The van der Waals surface area contributed by atoms with Crippen molar-refractivity contribution in [3.8, 4) is 0 Å². The van der Waals surface area contributed by atoms with Crippen LogP contribution in [0.3, 0.4) is 0 Å². The molecule has 21 heavy (non-hydrogen) atoms. The predicted molar refractivity (Wildman–Crippen MR) is 81.0 cm³/mol. The third kappa shape index (κ3) is 3.54. The van der Waals surface area contributed by atoms with Crippen LogP contribution in [0.15, 0.2) is 24.3 Å². The topological polar surface area (TPSA) is 66.9 Å². The second-order valence-electron chi connectivity index (χ2n) is 5.21. The highest BCUT2D eigenvalue weighted by molar-refractivity contribution is 7.88. The van der Waals surface area contributed by atoms with Crippen molar-refractivity contribution >= 4 is 21.7 Å². The molecular formula is C14H20N2O4S. The standard InChI is InChI=1S/C14H20N2O4S/c1-11-10-15(8-9-16(11)21(3,18)19)13-6-4-12(5-7-13)14(17)20-2/h4-7,11H,8-10H2,1-3H3/t11-/m1/s1. The van der Waals surface area contributed by atoms with E-state index in [2.05, 4.69) is 9.64 Å². The van der Waals surface area contributed by atoms with Gasteiger partial charge in [0.15, 0.2) is 0 Å². The number of hydrogen-bond acceptors (Lipinski definition) is 5. The van der Waals surface area contributed by atoms with Gasteiger partial charge in [0.2, 0.25) is 10.0 Å². The SMILES string of the molecule is COC(=O)c1ccc(N2CCN(S(C)(=O)=O)[C@H](C)C2)cc1. The lowest BCUT2D eigenvalue weighted by atomic mass is 10.1. The van der Waals surface area contributed by atoms with Crippen molar-refractivity contribution in [3.05, 3.63) is 29.8 Å². The molecule has 7 heteroatoms. The number of anilines is 1. The molecule has 1 aromatic carbocycles. The Morgan fingerprint density at radius 2 is 1.86 bits per heavy atom. The fourth-order valence-corrected chi connectivity index (χ4v) is 3.73. The van der Waals surface area contributed by atoms with Crippen LogP contribution in [0, 0.1) is 0 Å². The number of esters is 1. The van der Waals surface area contributed by atoms with Crippen molar-refractivity contribution in [1.82, 2.24) is 4.31 Å². The number of methoxy groups -OCH3 is 1. The zero-order valence-electron chi connectivity index (χ0n) is 12.4. The highest BCUT2D eigenvalue weighted by atomic mass is 32.2. The summed E-state index contributed by atoms with van der Waals surface area (Å²) in [5.41, 5.74) is 1.48. The van der Waals surface area contributed by atoms with Crippen LogP contribution in [0.25, 0.3) is 0 Å². The molecule has 0 spiro atoms. The van der Waals surface area contributed by atoms with Crippen LogP contribution in [0.4, 0.5) is 5.69 Å². The van der Waals surface area contributed by atoms with Crippen molar-refractivity contribution in [2.75, 3.05) is 37.9 Å². The number of ether oxygens (including phenoxy) is 1. The van der Waals surface area contributed by atoms with Gasteiger partial charge in [-0.1, -0.05) is 0 Å². The Kier molecular flexibility index (Phi) is 4.53. The van der Waals surface area contributed by atoms with E-state index >= 15 is 0 Å². The van der Waals surface area contributed by atoms with Crippen LogP contribution in [0.5, 0.6) is 0 Å². The maximum Gasteiger partial charge on any atom is 0.337 e. The van der Waals surface area contributed by atoms with Gasteiger partial charge < -0.3 is 9.64 Å². The number of sulfonamides is 1. The lowest BCUT2D eigenvalue weighted by Crippen LogP contribution is -2.53. The highest BCUT2D eigenvalue weighted by Gasteiger charge is 2.29. The number of nitrogens with zero attached hydrogens (tertiary/aromatic N) is 2. The molecular weight excluding hydrogens is 292 g/mol. The van der Waals surface area contributed by atoms with Gasteiger partial charge in [-0.05, 0) is 31.2 Å². The minimum atomic E-state index is -3.16. The highest BCUT2D eigenvalue weighted by Crippen LogP contribution is 2.21. The van der Waals surface area contributed by atoms with Gasteiger partial charge in [-0.2, -0.15) is 4.31 Å². The monoisotopic (exact) mass is 312 g/mol. The van der Waals surface area contributed by atoms with E-state index < -0.39 is 10.0 Å². The summed E-state index contributed by atoms with van der Waals surface area (Å²) in [6, 6.07) is 7.07. The molecule has 0 saturated carbocycles. The maximum atomic E-state index is 11.6. The molecule has 0 aromatic heterocycles. The molecule has 0 amide bonds. The van der Waals surface area contributed by atoms with Gasteiger partial charge in [0.1, 0.15) is 0 Å².